The number of aliphatic carboxylic acids is 1. The van der Waals surface area contributed by atoms with Gasteiger partial charge in [-0.2, -0.15) is 0 Å². The molecule has 3 N–H and O–H groups in total. The molecule has 25 heavy (non-hydrogen) atoms. The van der Waals surface area contributed by atoms with E-state index in [2.05, 4.69) is 15.0 Å². The van der Waals surface area contributed by atoms with Gasteiger partial charge in [0.25, 0.3) is 10.0 Å². The Kier molecular flexibility index (Phi) is 6.14. The summed E-state index contributed by atoms with van der Waals surface area (Å²) in [5, 5.41) is 11.5. The molecule has 140 valence electrons. The third-order valence-corrected chi connectivity index (χ3v) is 5.40. The largest absolute Gasteiger partial charge is 0.480 e. The summed E-state index contributed by atoms with van der Waals surface area (Å²) in [6.07, 6.45) is 4.01. The van der Waals surface area contributed by atoms with Crippen LogP contribution in [-0.2, 0) is 26.7 Å². The minimum absolute atomic E-state index is 0.0221. The fourth-order valence-corrected chi connectivity index (χ4v) is 3.68. The van der Waals surface area contributed by atoms with Crippen molar-refractivity contribution in [2.75, 3.05) is 19.6 Å². The van der Waals surface area contributed by atoms with E-state index in [1.807, 2.05) is 11.8 Å². The number of aromatic nitrogens is 2. The number of nitrogens with one attached hydrogen (secondary N) is 2. The van der Waals surface area contributed by atoms with Gasteiger partial charge in [0.1, 0.15) is 0 Å². The first kappa shape index (κ1) is 19.3. The fraction of sp³-hybridized carbons (Fsp3) is 0.643. The van der Waals surface area contributed by atoms with Crippen LogP contribution in [0.5, 0.6) is 0 Å². The number of likely N-dealkylation sites (N-methyl/N-ethyl adjacent to an activating group) is 1. The first-order valence-corrected chi connectivity index (χ1v) is 9.42. The monoisotopic (exact) mass is 373 g/mol. The standard InChI is InChI=1S/C14H23N5O5S/c1-3-19(8-14(21)22)11-4-10(5-11)17-12(20)6-16-25(23,24)13-7-18(2)9-15-13/h7,9-11,16H,3-6,8H2,1-2H3,(H,17,20)(H,21,22). The summed E-state index contributed by atoms with van der Waals surface area (Å²) >= 11 is 0. The number of nitrogens with zero attached hydrogens (tertiary/aromatic N) is 3. The Bertz CT molecular complexity index is 726. The zero-order chi connectivity index (χ0) is 18.6. The lowest BCUT2D eigenvalue weighted by Crippen LogP contribution is -2.55. The Morgan fingerprint density at radius 2 is 2.12 bits per heavy atom. The third kappa shape index (κ3) is 5.25. The highest BCUT2D eigenvalue weighted by molar-refractivity contribution is 7.89. The Morgan fingerprint density at radius 3 is 2.64 bits per heavy atom. The van der Waals surface area contributed by atoms with Gasteiger partial charge in [-0.1, -0.05) is 6.92 Å². The van der Waals surface area contributed by atoms with Crippen molar-refractivity contribution in [3.8, 4) is 0 Å². The summed E-state index contributed by atoms with van der Waals surface area (Å²) in [5.41, 5.74) is 0. The van der Waals surface area contributed by atoms with Crippen LogP contribution in [0.2, 0.25) is 0 Å². The molecule has 0 aliphatic heterocycles. The molecule has 1 heterocycles. The third-order valence-electron chi connectivity index (χ3n) is 4.12. The van der Waals surface area contributed by atoms with Gasteiger partial charge >= 0.3 is 5.97 Å². The van der Waals surface area contributed by atoms with Crippen LogP contribution in [0.15, 0.2) is 17.6 Å². The molecule has 1 aliphatic rings. The van der Waals surface area contributed by atoms with Crippen LogP contribution in [-0.4, -0.2) is 71.6 Å². The first-order chi connectivity index (χ1) is 11.7. The lowest BCUT2D eigenvalue weighted by atomic mass is 9.85. The summed E-state index contributed by atoms with van der Waals surface area (Å²) in [7, 11) is -2.17. The Balaban J connectivity index is 1.74. The molecule has 1 aromatic rings. The topological polar surface area (TPSA) is 134 Å². The number of carbonyl (C=O) groups excluding carboxylic acids is 1. The molecule has 1 saturated carbocycles. The van der Waals surface area contributed by atoms with E-state index in [1.54, 1.807) is 7.05 Å². The number of hydrogen-bond donors (Lipinski definition) is 3. The summed E-state index contributed by atoms with van der Waals surface area (Å²) in [5.74, 6) is -1.30. The smallest absolute Gasteiger partial charge is 0.317 e. The quantitative estimate of drug-likeness (QED) is 0.492. The number of imidazole rings is 1. The number of carboxylic acid groups (broad SMARTS) is 1. The Hall–Kier alpha value is -1.98. The molecule has 1 fully saturated rings. The molecule has 0 spiro atoms. The number of sulfonamides is 1. The van der Waals surface area contributed by atoms with E-state index in [0.29, 0.717) is 19.4 Å². The van der Waals surface area contributed by atoms with Crippen LogP contribution in [0, 0.1) is 0 Å². The molecule has 1 aliphatic carbocycles. The van der Waals surface area contributed by atoms with Crippen LogP contribution in [0.4, 0.5) is 0 Å². The molecule has 0 radical (unpaired) electrons. The van der Waals surface area contributed by atoms with E-state index in [1.165, 1.54) is 17.1 Å². The lowest BCUT2D eigenvalue weighted by molar-refractivity contribution is -0.139. The van der Waals surface area contributed by atoms with Gasteiger partial charge in [0.2, 0.25) is 5.91 Å². The van der Waals surface area contributed by atoms with Gasteiger partial charge in [-0.25, -0.2) is 18.1 Å². The molecule has 1 aromatic heterocycles. The van der Waals surface area contributed by atoms with Crippen LogP contribution in [0.25, 0.3) is 0 Å². The van der Waals surface area contributed by atoms with Crippen LogP contribution >= 0.6 is 0 Å². The van der Waals surface area contributed by atoms with Crippen molar-refractivity contribution in [3.05, 3.63) is 12.5 Å². The van der Waals surface area contributed by atoms with Gasteiger partial charge in [-0.3, -0.25) is 14.5 Å². The number of carbonyl (C=O) groups is 2. The Morgan fingerprint density at radius 1 is 1.44 bits per heavy atom. The molecule has 0 unspecified atom stereocenters. The highest BCUT2D eigenvalue weighted by atomic mass is 32.2. The van der Waals surface area contributed by atoms with E-state index in [0.717, 1.165) is 0 Å². The molecule has 0 saturated heterocycles. The number of amides is 1. The van der Waals surface area contributed by atoms with Crippen LogP contribution in [0.1, 0.15) is 19.8 Å². The maximum atomic E-state index is 12.0. The highest BCUT2D eigenvalue weighted by Gasteiger charge is 2.34. The van der Waals surface area contributed by atoms with Crippen molar-refractivity contribution >= 4 is 21.9 Å². The fourth-order valence-electron chi connectivity index (χ4n) is 2.72. The van der Waals surface area contributed by atoms with Crippen LogP contribution in [0.3, 0.4) is 0 Å². The van der Waals surface area contributed by atoms with E-state index >= 15 is 0 Å². The van der Waals surface area contributed by atoms with Gasteiger partial charge < -0.3 is 15.0 Å². The van der Waals surface area contributed by atoms with E-state index < -0.39 is 21.9 Å². The van der Waals surface area contributed by atoms with Gasteiger partial charge in [-0.05, 0) is 19.4 Å². The molecular weight excluding hydrogens is 350 g/mol. The lowest BCUT2D eigenvalue weighted by Gasteiger charge is -2.42. The van der Waals surface area contributed by atoms with Crippen molar-refractivity contribution in [2.45, 2.75) is 36.9 Å². The second-order valence-corrected chi connectivity index (χ2v) is 7.76. The number of carboxylic acids is 1. The molecule has 0 bridgehead atoms. The summed E-state index contributed by atoms with van der Waals surface area (Å²) in [4.78, 5) is 28.3. The second-order valence-electron chi connectivity index (χ2n) is 6.05. The predicted molar refractivity (Wildman–Crippen MR) is 88.2 cm³/mol. The van der Waals surface area contributed by atoms with Gasteiger partial charge in [0.15, 0.2) is 5.03 Å². The number of rotatable bonds is 9. The molecule has 0 atom stereocenters. The Labute approximate surface area is 146 Å². The maximum Gasteiger partial charge on any atom is 0.317 e. The summed E-state index contributed by atoms with van der Waals surface area (Å²) in [6.45, 7) is 2.13. The molecular formula is C14H23N5O5S. The van der Waals surface area contributed by atoms with Crippen molar-refractivity contribution < 1.29 is 23.1 Å². The zero-order valence-electron chi connectivity index (χ0n) is 14.2. The molecule has 10 nitrogen and oxygen atoms in total. The molecule has 11 heteroatoms. The SMILES string of the molecule is CCN(CC(=O)O)C1CC(NC(=O)CNS(=O)(=O)c2cn(C)cn2)C1. The average Bonchev–Trinajstić information content (AvgIpc) is 2.94. The average molecular weight is 373 g/mol. The van der Waals surface area contributed by atoms with Crippen molar-refractivity contribution in [3.63, 3.8) is 0 Å². The number of aryl methyl sites for hydroxylation is 1. The van der Waals surface area contributed by atoms with Crippen molar-refractivity contribution in [1.29, 1.82) is 0 Å². The van der Waals surface area contributed by atoms with Gasteiger partial charge in [0.05, 0.1) is 19.4 Å². The second kappa shape index (κ2) is 7.93. The molecule has 0 aromatic carbocycles. The first-order valence-electron chi connectivity index (χ1n) is 7.94. The van der Waals surface area contributed by atoms with E-state index in [9.17, 15) is 18.0 Å². The minimum atomic E-state index is -3.82. The molecule has 1 amide bonds. The minimum Gasteiger partial charge on any atom is -0.480 e. The summed E-state index contributed by atoms with van der Waals surface area (Å²) in [6, 6.07) is 0.0521. The predicted octanol–water partition coefficient (Wildman–Crippen LogP) is -1.25. The van der Waals surface area contributed by atoms with Gasteiger partial charge in [-0.15, -0.1) is 0 Å². The van der Waals surface area contributed by atoms with E-state index in [-0.39, 0.29) is 30.2 Å². The van der Waals surface area contributed by atoms with E-state index in [4.69, 9.17) is 5.11 Å². The van der Waals surface area contributed by atoms with Gasteiger partial charge in [0, 0.05) is 25.3 Å². The van der Waals surface area contributed by atoms with Crippen LogP contribution < -0.4 is 10.0 Å². The normalized spacial score (nSPS) is 20.3. The highest BCUT2D eigenvalue weighted by Crippen LogP contribution is 2.25. The van der Waals surface area contributed by atoms with Crippen molar-refractivity contribution in [2.24, 2.45) is 7.05 Å². The molecule has 2 rings (SSSR count). The summed E-state index contributed by atoms with van der Waals surface area (Å²) < 4.78 is 27.7. The number of hydrogen-bond acceptors (Lipinski definition) is 6. The zero-order valence-corrected chi connectivity index (χ0v) is 15.0. The maximum absolute atomic E-state index is 12.0. The van der Waals surface area contributed by atoms with Crippen molar-refractivity contribution in [1.82, 2.24) is 24.5 Å².